The minimum atomic E-state index is -0.285. The number of hydrogen-bond donors (Lipinski definition) is 1. The Morgan fingerprint density at radius 3 is 2.58 bits per heavy atom. The van der Waals surface area contributed by atoms with E-state index in [2.05, 4.69) is 10.5 Å². The summed E-state index contributed by atoms with van der Waals surface area (Å²) in [6.45, 7) is -0.0727. The first-order chi connectivity index (χ1) is 11.8. The van der Waals surface area contributed by atoms with E-state index in [9.17, 15) is 4.79 Å². The number of ether oxygens (including phenoxy) is 1. The van der Waals surface area contributed by atoms with Gasteiger partial charge >= 0.3 is 0 Å². The highest BCUT2D eigenvalue weighted by Gasteiger charge is 2.04. The first-order valence-corrected chi connectivity index (χ1v) is 7.78. The van der Waals surface area contributed by atoms with Gasteiger partial charge < -0.3 is 4.74 Å². The molecule has 0 atom stereocenters. The van der Waals surface area contributed by atoms with Crippen molar-refractivity contribution in [2.45, 2.75) is 6.42 Å². The van der Waals surface area contributed by atoms with Crippen molar-refractivity contribution < 1.29 is 9.53 Å². The molecule has 0 radical (unpaired) electrons. The number of benzene rings is 3. The number of hydrazone groups is 1. The summed E-state index contributed by atoms with van der Waals surface area (Å²) in [6.07, 6.45) is 2.34. The molecule has 1 amide bonds. The van der Waals surface area contributed by atoms with Crippen LogP contribution in [0.3, 0.4) is 0 Å². The quantitative estimate of drug-likeness (QED) is 0.558. The highest BCUT2D eigenvalue weighted by Crippen LogP contribution is 2.24. The molecule has 4 heteroatoms. The molecular weight excluding hydrogens is 300 g/mol. The average Bonchev–Trinajstić information content (AvgIpc) is 2.64. The van der Waals surface area contributed by atoms with Crippen LogP contribution < -0.4 is 10.2 Å². The van der Waals surface area contributed by atoms with E-state index < -0.39 is 0 Å². The van der Waals surface area contributed by atoms with Crippen molar-refractivity contribution in [2.75, 3.05) is 6.61 Å². The van der Waals surface area contributed by atoms with Crippen molar-refractivity contribution >= 4 is 22.9 Å². The zero-order chi connectivity index (χ0) is 16.6. The number of carbonyl (C=O) groups excluding carboxylic acids is 1. The van der Waals surface area contributed by atoms with E-state index in [0.29, 0.717) is 12.2 Å². The summed E-state index contributed by atoms with van der Waals surface area (Å²) in [7, 11) is 0. The van der Waals surface area contributed by atoms with Crippen LogP contribution in [0.4, 0.5) is 0 Å². The molecule has 0 bridgehead atoms. The van der Waals surface area contributed by atoms with Gasteiger partial charge in [0, 0.05) is 18.0 Å². The summed E-state index contributed by atoms with van der Waals surface area (Å²) in [5.74, 6) is 0.406. The SMILES string of the molecule is O=C(COc1cccc2ccccc12)N/N=C/Cc1ccccc1. The van der Waals surface area contributed by atoms with Crippen LogP contribution in [0.1, 0.15) is 5.56 Å². The average molecular weight is 318 g/mol. The largest absolute Gasteiger partial charge is 0.483 e. The van der Waals surface area contributed by atoms with E-state index in [0.717, 1.165) is 16.3 Å². The van der Waals surface area contributed by atoms with E-state index in [1.54, 1.807) is 6.21 Å². The van der Waals surface area contributed by atoms with E-state index in [4.69, 9.17) is 4.74 Å². The second kappa shape index (κ2) is 7.92. The van der Waals surface area contributed by atoms with Crippen molar-refractivity contribution in [1.82, 2.24) is 5.43 Å². The molecule has 0 spiro atoms. The molecule has 0 saturated heterocycles. The van der Waals surface area contributed by atoms with Crippen LogP contribution in [0.25, 0.3) is 10.8 Å². The third-order valence-corrected chi connectivity index (χ3v) is 3.56. The molecule has 0 aliphatic carbocycles. The summed E-state index contributed by atoms with van der Waals surface area (Å²) >= 11 is 0. The fourth-order valence-corrected chi connectivity index (χ4v) is 2.38. The minimum Gasteiger partial charge on any atom is -0.483 e. The van der Waals surface area contributed by atoms with Crippen LogP contribution in [0, 0.1) is 0 Å². The monoisotopic (exact) mass is 318 g/mol. The Hall–Kier alpha value is -3.14. The van der Waals surface area contributed by atoms with Crippen LogP contribution in [-0.2, 0) is 11.2 Å². The Morgan fingerprint density at radius 1 is 0.958 bits per heavy atom. The summed E-state index contributed by atoms with van der Waals surface area (Å²) in [5, 5.41) is 6.00. The minimum absolute atomic E-state index is 0.0727. The molecule has 0 heterocycles. The fraction of sp³-hybridized carbons (Fsp3) is 0.100. The van der Waals surface area contributed by atoms with Crippen molar-refractivity contribution in [3.05, 3.63) is 78.4 Å². The number of rotatable bonds is 6. The van der Waals surface area contributed by atoms with Gasteiger partial charge in [-0.1, -0.05) is 66.7 Å². The second-order valence-corrected chi connectivity index (χ2v) is 5.30. The van der Waals surface area contributed by atoms with Gasteiger partial charge in [-0.3, -0.25) is 4.79 Å². The Bertz CT molecular complexity index is 839. The van der Waals surface area contributed by atoms with Gasteiger partial charge in [-0.05, 0) is 17.0 Å². The Balaban J connectivity index is 1.50. The number of carbonyl (C=O) groups is 1. The number of hydrogen-bond acceptors (Lipinski definition) is 3. The number of nitrogens with zero attached hydrogens (tertiary/aromatic N) is 1. The molecule has 0 fully saturated rings. The normalized spacial score (nSPS) is 10.8. The van der Waals surface area contributed by atoms with Gasteiger partial charge in [0.25, 0.3) is 5.91 Å². The maximum Gasteiger partial charge on any atom is 0.277 e. The van der Waals surface area contributed by atoms with E-state index in [-0.39, 0.29) is 12.5 Å². The summed E-state index contributed by atoms with van der Waals surface area (Å²) in [4.78, 5) is 11.8. The van der Waals surface area contributed by atoms with Crippen molar-refractivity contribution in [3.8, 4) is 5.75 Å². The molecule has 0 aromatic heterocycles. The van der Waals surface area contributed by atoms with Crippen molar-refractivity contribution in [3.63, 3.8) is 0 Å². The highest BCUT2D eigenvalue weighted by atomic mass is 16.5. The molecular formula is C20H18N2O2. The molecule has 0 aliphatic heterocycles. The first-order valence-electron chi connectivity index (χ1n) is 7.78. The second-order valence-electron chi connectivity index (χ2n) is 5.30. The maximum atomic E-state index is 11.8. The maximum absolute atomic E-state index is 11.8. The lowest BCUT2D eigenvalue weighted by Crippen LogP contribution is -2.24. The van der Waals surface area contributed by atoms with Crippen LogP contribution in [0.5, 0.6) is 5.75 Å². The highest BCUT2D eigenvalue weighted by molar-refractivity contribution is 5.88. The molecule has 24 heavy (non-hydrogen) atoms. The van der Waals surface area contributed by atoms with Crippen LogP contribution in [0.15, 0.2) is 77.9 Å². The predicted molar refractivity (Wildman–Crippen MR) is 96.2 cm³/mol. The molecule has 0 saturated carbocycles. The molecule has 1 N–H and O–H groups in total. The lowest BCUT2D eigenvalue weighted by molar-refractivity contribution is -0.123. The van der Waals surface area contributed by atoms with Gasteiger partial charge in [0.2, 0.25) is 0 Å². The first kappa shape index (κ1) is 15.7. The van der Waals surface area contributed by atoms with Crippen LogP contribution in [-0.4, -0.2) is 18.7 Å². The lowest BCUT2D eigenvalue weighted by atomic mass is 10.1. The Labute approximate surface area is 140 Å². The Kier molecular flexibility index (Phi) is 5.20. The molecule has 0 unspecified atom stereocenters. The zero-order valence-electron chi connectivity index (χ0n) is 13.2. The summed E-state index contributed by atoms with van der Waals surface area (Å²) in [6, 6.07) is 23.6. The van der Waals surface area contributed by atoms with E-state index >= 15 is 0 Å². The van der Waals surface area contributed by atoms with Gasteiger partial charge in [-0.15, -0.1) is 0 Å². The van der Waals surface area contributed by atoms with Gasteiger partial charge in [0.1, 0.15) is 5.75 Å². The van der Waals surface area contributed by atoms with Gasteiger partial charge in [0.05, 0.1) is 0 Å². The van der Waals surface area contributed by atoms with E-state index in [1.165, 1.54) is 0 Å². The van der Waals surface area contributed by atoms with Crippen molar-refractivity contribution in [2.24, 2.45) is 5.10 Å². The molecule has 3 rings (SSSR count). The molecule has 3 aromatic carbocycles. The van der Waals surface area contributed by atoms with E-state index in [1.807, 2.05) is 72.8 Å². The molecule has 0 aliphatic rings. The lowest BCUT2D eigenvalue weighted by Gasteiger charge is -2.08. The standard InChI is InChI=1S/C20H18N2O2/c23-20(22-21-14-13-16-7-2-1-3-8-16)15-24-19-12-6-10-17-9-4-5-11-18(17)19/h1-12,14H,13,15H2,(H,22,23)/b21-14+. The third kappa shape index (κ3) is 4.20. The van der Waals surface area contributed by atoms with Gasteiger partial charge in [-0.25, -0.2) is 5.43 Å². The third-order valence-electron chi connectivity index (χ3n) is 3.56. The topological polar surface area (TPSA) is 50.7 Å². The molecule has 120 valence electrons. The summed E-state index contributed by atoms with van der Waals surface area (Å²) in [5.41, 5.74) is 3.62. The summed E-state index contributed by atoms with van der Waals surface area (Å²) < 4.78 is 5.61. The number of amides is 1. The number of fused-ring (bicyclic) bond motifs is 1. The zero-order valence-corrected chi connectivity index (χ0v) is 13.2. The van der Waals surface area contributed by atoms with Gasteiger partial charge in [0.15, 0.2) is 6.61 Å². The molecule has 3 aromatic rings. The fourth-order valence-electron chi connectivity index (χ4n) is 2.38. The van der Waals surface area contributed by atoms with Crippen molar-refractivity contribution in [1.29, 1.82) is 0 Å². The predicted octanol–water partition coefficient (Wildman–Crippen LogP) is 3.56. The number of nitrogens with one attached hydrogen (secondary N) is 1. The van der Waals surface area contributed by atoms with Crippen LogP contribution >= 0.6 is 0 Å². The van der Waals surface area contributed by atoms with Crippen LogP contribution in [0.2, 0.25) is 0 Å². The Morgan fingerprint density at radius 2 is 1.71 bits per heavy atom. The van der Waals surface area contributed by atoms with Gasteiger partial charge in [-0.2, -0.15) is 5.10 Å². The molecule has 4 nitrogen and oxygen atoms in total. The smallest absolute Gasteiger partial charge is 0.277 e.